The van der Waals surface area contributed by atoms with Crippen LogP contribution >= 0.6 is 23.2 Å². The van der Waals surface area contributed by atoms with Crippen LogP contribution in [0.25, 0.3) is 0 Å². The first-order valence-corrected chi connectivity index (χ1v) is 7.74. The van der Waals surface area contributed by atoms with Gasteiger partial charge in [-0.2, -0.15) is 0 Å². The van der Waals surface area contributed by atoms with Gasteiger partial charge < -0.3 is 10.1 Å². The second-order valence-corrected chi connectivity index (χ2v) is 6.23. The molecule has 0 aromatic heterocycles. The molecule has 3 nitrogen and oxygen atoms in total. The number of carbonyl (C=O) groups excluding carboxylic acids is 1. The van der Waals surface area contributed by atoms with Gasteiger partial charge in [-0.3, -0.25) is 4.79 Å². The number of hydrogen-bond acceptors (Lipinski definition) is 2. The van der Waals surface area contributed by atoms with E-state index in [0.29, 0.717) is 23.2 Å². The zero-order valence-electron chi connectivity index (χ0n) is 11.3. The molecular formula is C15H19Cl2NO2. The first-order chi connectivity index (χ1) is 9.63. The van der Waals surface area contributed by atoms with Gasteiger partial charge in [0.25, 0.3) is 5.91 Å². The fourth-order valence-electron chi connectivity index (χ4n) is 2.43. The summed E-state index contributed by atoms with van der Waals surface area (Å²) in [5, 5.41) is 3.76. The van der Waals surface area contributed by atoms with Crippen LogP contribution in [0.3, 0.4) is 0 Å². The van der Waals surface area contributed by atoms with Crippen LogP contribution in [-0.2, 0) is 4.79 Å². The molecule has 1 aliphatic carbocycles. The molecular weight excluding hydrogens is 297 g/mol. The Morgan fingerprint density at radius 3 is 3.00 bits per heavy atom. The second-order valence-electron chi connectivity index (χ2n) is 5.18. The van der Waals surface area contributed by atoms with Crippen molar-refractivity contribution >= 4 is 29.1 Å². The van der Waals surface area contributed by atoms with Gasteiger partial charge in [0.1, 0.15) is 5.75 Å². The summed E-state index contributed by atoms with van der Waals surface area (Å²) in [6, 6.07) is 7.02. The molecule has 2 unspecified atom stereocenters. The predicted molar refractivity (Wildman–Crippen MR) is 81.6 cm³/mol. The molecule has 0 saturated heterocycles. The normalized spacial score (nSPS) is 22.3. The predicted octanol–water partition coefficient (Wildman–Crippen LogP) is 3.63. The third-order valence-corrected chi connectivity index (χ3v) is 4.10. The van der Waals surface area contributed by atoms with Crippen molar-refractivity contribution in [3.05, 3.63) is 29.3 Å². The fraction of sp³-hybridized carbons (Fsp3) is 0.533. The molecule has 1 N–H and O–H groups in total. The Bertz CT molecular complexity index is 453. The van der Waals surface area contributed by atoms with Crippen molar-refractivity contribution in [1.29, 1.82) is 0 Å². The van der Waals surface area contributed by atoms with Crippen LogP contribution in [0.2, 0.25) is 5.02 Å². The van der Waals surface area contributed by atoms with Crippen LogP contribution in [0.4, 0.5) is 0 Å². The average molecular weight is 316 g/mol. The minimum absolute atomic E-state index is 0.0113. The molecule has 0 heterocycles. The maximum absolute atomic E-state index is 11.7. The third kappa shape index (κ3) is 5.22. The number of amides is 1. The summed E-state index contributed by atoms with van der Waals surface area (Å²) in [6.07, 6.45) is 4.35. The molecule has 20 heavy (non-hydrogen) atoms. The van der Waals surface area contributed by atoms with E-state index >= 15 is 0 Å². The molecule has 110 valence electrons. The number of hydrogen-bond donors (Lipinski definition) is 1. The number of carbonyl (C=O) groups is 1. The zero-order chi connectivity index (χ0) is 14.4. The third-order valence-electron chi connectivity index (χ3n) is 3.47. The number of ether oxygens (including phenoxy) is 1. The van der Waals surface area contributed by atoms with E-state index in [1.165, 1.54) is 0 Å². The largest absolute Gasteiger partial charge is 0.484 e. The van der Waals surface area contributed by atoms with Crippen LogP contribution in [0.1, 0.15) is 25.7 Å². The number of nitrogens with one attached hydrogen (secondary N) is 1. The Kier molecular flexibility index (Phi) is 5.99. The molecule has 1 aromatic rings. The molecule has 1 aromatic carbocycles. The van der Waals surface area contributed by atoms with Crippen molar-refractivity contribution in [2.45, 2.75) is 31.1 Å². The Hall–Kier alpha value is -0.930. The molecule has 5 heteroatoms. The lowest BCUT2D eigenvalue weighted by Gasteiger charge is -2.25. The maximum Gasteiger partial charge on any atom is 0.257 e. The molecule has 1 saturated carbocycles. The van der Waals surface area contributed by atoms with Crippen molar-refractivity contribution in [2.75, 3.05) is 13.2 Å². The monoisotopic (exact) mass is 315 g/mol. The molecule has 1 fully saturated rings. The lowest BCUT2D eigenvalue weighted by Crippen LogP contribution is -2.34. The van der Waals surface area contributed by atoms with E-state index in [0.717, 1.165) is 25.7 Å². The standard InChI is InChI=1S/C15H19Cl2NO2/c16-12-4-1-3-11(7-12)9-18-15(19)10-20-14-6-2-5-13(17)8-14/h2,5-6,8,11-12H,1,3-4,7,9-10H2,(H,18,19). The number of rotatable bonds is 5. The summed E-state index contributed by atoms with van der Waals surface area (Å²) in [5.74, 6) is 0.981. The van der Waals surface area contributed by atoms with Gasteiger partial charge in [-0.1, -0.05) is 24.1 Å². The summed E-state index contributed by atoms with van der Waals surface area (Å²) in [6.45, 7) is 0.693. The first-order valence-electron chi connectivity index (χ1n) is 6.92. The molecule has 2 rings (SSSR count). The average Bonchev–Trinajstić information content (AvgIpc) is 2.43. The lowest BCUT2D eigenvalue weighted by molar-refractivity contribution is -0.123. The molecule has 2 atom stereocenters. The highest BCUT2D eigenvalue weighted by atomic mass is 35.5. The van der Waals surface area contributed by atoms with Crippen molar-refractivity contribution in [3.63, 3.8) is 0 Å². The Labute approximate surface area is 129 Å². The quantitative estimate of drug-likeness (QED) is 0.843. The van der Waals surface area contributed by atoms with Gasteiger partial charge in [-0.25, -0.2) is 0 Å². The minimum Gasteiger partial charge on any atom is -0.484 e. The van der Waals surface area contributed by atoms with Crippen molar-refractivity contribution in [3.8, 4) is 5.75 Å². The topological polar surface area (TPSA) is 38.3 Å². The molecule has 1 amide bonds. The van der Waals surface area contributed by atoms with E-state index < -0.39 is 0 Å². The SMILES string of the molecule is O=C(COc1cccc(Cl)c1)NCC1CCCC(Cl)C1. The summed E-state index contributed by atoms with van der Waals surface area (Å²) in [7, 11) is 0. The number of benzene rings is 1. The van der Waals surface area contributed by atoms with E-state index in [1.54, 1.807) is 24.3 Å². The highest BCUT2D eigenvalue weighted by Gasteiger charge is 2.20. The van der Waals surface area contributed by atoms with Gasteiger partial charge in [-0.15, -0.1) is 11.6 Å². The molecule has 1 aliphatic rings. The summed E-state index contributed by atoms with van der Waals surface area (Å²) < 4.78 is 5.39. The lowest BCUT2D eigenvalue weighted by atomic mass is 9.89. The first kappa shape index (κ1) is 15.5. The van der Waals surface area contributed by atoms with Crippen LogP contribution < -0.4 is 10.1 Å². The van der Waals surface area contributed by atoms with E-state index in [9.17, 15) is 4.79 Å². The molecule has 0 radical (unpaired) electrons. The van der Waals surface area contributed by atoms with E-state index in [-0.39, 0.29) is 17.9 Å². The van der Waals surface area contributed by atoms with Crippen LogP contribution in [0.5, 0.6) is 5.75 Å². The molecule has 0 bridgehead atoms. The van der Waals surface area contributed by atoms with Crippen molar-refractivity contribution in [1.82, 2.24) is 5.32 Å². The fourth-order valence-corrected chi connectivity index (χ4v) is 3.01. The Balaban J connectivity index is 1.67. The van der Waals surface area contributed by atoms with Gasteiger partial charge in [0.05, 0.1) is 0 Å². The molecule has 0 aliphatic heterocycles. The van der Waals surface area contributed by atoms with Crippen molar-refractivity contribution < 1.29 is 9.53 Å². The maximum atomic E-state index is 11.7. The van der Waals surface area contributed by atoms with Gasteiger partial charge >= 0.3 is 0 Å². The summed E-state index contributed by atoms with van der Waals surface area (Å²) in [5.41, 5.74) is 0. The van der Waals surface area contributed by atoms with Crippen LogP contribution in [0.15, 0.2) is 24.3 Å². The smallest absolute Gasteiger partial charge is 0.257 e. The van der Waals surface area contributed by atoms with Crippen molar-refractivity contribution in [2.24, 2.45) is 5.92 Å². The van der Waals surface area contributed by atoms with E-state index in [1.807, 2.05) is 0 Å². The number of halogens is 2. The Morgan fingerprint density at radius 1 is 1.40 bits per heavy atom. The Morgan fingerprint density at radius 2 is 2.25 bits per heavy atom. The van der Waals surface area contributed by atoms with E-state index in [2.05, 4.69) is 5.32 Å². The zero-order valence-corrected chi connectivity index (χ0v) is 12.8. The number of alkyl halides is 1. The highest BCUT2D eigenvalue weighted by molar-refractivity contribution is 6.30. The van der Waals surface area contributed by atoms with Crippen LogP contribution in [-0.4, -0.2) is 24.4 Å². The second kappa shape index (κ2) is 7.75. The van der Waals surface area contributed by atoms with Crippen LogP contribution in [0, 0.1) is 5.92 Å². The van der Waals surface area contributed by atoms with E-state index in [4.69, 9.17) is 27.9 Å². The minimum atomic E-state index is -0.110. The summed E-state index contributed by atoms with van der Waals surface area (Å²) >= 11 is 12.0. The highest BCUT2D eigenvalue weighted by Crippen LogP contribution is 2.27. The van der Waals surface area contributed by atoms with Gasteiger partial charge in [0.2, 0.25) is 0 Å². The van der Waals surface area contributed by atoms with Gasteiger partial charge in [-0.05, 0) is 43.4 Å². The molecule has 0 spiro atoms. The van der Waals surface area contributed by atoms with Gasteiger partial charge in [0, 0.05) is 16.9 Å². The van der Waals surface area contributed by atoms with Gasteiger partial charge in [0.15, 0.2) is 6.61 Å². The summed E-state index contributed by atoms with van der Waals surface area (Å²) in [4.78, 5) is 11.7.